The van der Waals surface area contributed by atoms with E-state index >= 15 is 0 Å². The molecule has 1 fully saturated rings. The van der Waals surface area contributed by atoms with Gasteiger partial charge in [-0.05, 0) is 61.7 Å². The Kier molecular flexibility index (Phi) is 7.75. The number of ether oxygens (including phenoxy) is 1. The Morgan fingerprint density at radius 2 is 1.84 bits per heavy atom. The molecule has 0 unspecified atom stereocenters. The standard InChI is InChI=1S/C23H27F3N2O2S/c1-2-30-17-9-10-18(21(31)13-17)19-12-15(23(24,25)26)8-11-20(19)27-14-22(29)28-16-6-4-3-5-7-16/h8-13,16,27,31H,2-7,14H2,1H3,(H,28,29). The number of thiol groups is 1. The molecule has 1 amide bonds. The maximum absolute atomic E-state index is 13.3. The van der Waals surface area contributed by atoms with Gasteiger partial charge in [-0.2, -0.15) is 13.2 Å². The zero-order valence-electron chi connectivity index (χ0n) is 17.4. The first-order valence-corrected chi connectivity index (χ1v) is 10.9. The van der Waals surface area contributed by atoms with Gasteiger partial charge in [0.2, 0.25) is 5.91 Å². The van der Waals surface area contributed by atoms with Crippen molar-refractivity contribution in [2.75, 3.05) is 18.5 Å². The van der Waals surface area contributed by atoms with E-state index in [2.05, 4.69) is 23.3 Å². The molecule has 168 valence electrons. The Bertz CT molecular complexity index is 912. The highest BCUT2D eigenvalue weighted by Gasteiger charge is 2.31. The number of nitrogens with one attached hydrogen (secondary N) is 2. The average molecular weight is 453 g/mol. The van der Waals surface area contributed by atoms with Gasteiger partial charge >= 0.3 is 6.18 Å². The molecule has 4 nitrogen and oxygen atoms in total. The number of hydrogen-bond acceptors (Lipinski definition) is 4. The lowest BCUT2D eigenvalue weighted by molar-refractivity contribution is -0.137. The molecule has 0 heterocycles. The Hall–Kier alpha value is -2.35. The zero-order valence-corrected chi connectivity index (χ0v) is 18.3. The summed E-state index contributed by atoms with van der Waals surface area (Å²) >= 11 is 4.45. The van der Waals surface area contributed by atoms with E-state index in [1.807, 2.05) is 6.92 Å². The highest BCUT2D eigenvalue weighted by atomic mass is 32.1. The summed E-state index contributed by atoms with van der Waals surface area (Å²) < 4.78 is 45.4. The second-order valence-electron chi connectivity index (χ2n) is 7.63. The van der Waals surface area contributed by atoms with E-state index in [0.717, 1.165) is 37.8 Å². The third-order valence-corrected chi connectivity index (χ3v) is 5.70. The van der Waals surface area contributed by atoms with Crippen LogP contribution in [0.5, 0.6) is 5.75 Å². The number of rotatable bonds is 7. The average Bonchev–Trinajstić information content (AvgIpc) is 2.73. The Morgan fingerprint density at radius 3 is 2.48 bits per heavy atom. The van der Waals surface area contributed by atoms with Gasteiger partial charge in [0.1, 0.15) is 5.75 Å². The molecular weight excluding hydrogens is 425 g/mol. The minimum atomic E-state index is -4.48. The molecular formula is C23H27F3N2O2S. The van der Waals surface area contributed by atoms with E-state index in [1.54, 1.807) is 18.2 Å². The highest BCUT2D eigenvalue weighted by Crippen LogP contribution is 2.39. The fourth-order valence-corrected chi connectivity index (χ4v) is 4.12. The molecule has 0 atom stereocenters. The lowest BCUT2D eigenvalue weighted by Gasteiger charge is -2.23. The van der Waals surface area contributed by atoms with Gasteiger partial charge in [0.25, 0.3) is 0 Å². The highest BCUT2D eigenvalue weighted by molar-refractivity contribution is 7.80. The topological polar surface area (TPSA) is 50.4 Å². The number of carbonyl (C=O) groups is 1. The molecule has 0 saturated heterocycles. The van der Waals surface area contributed by atoms with E-state index < -0.39 is 11.7 Å². The molecule has 1 saturated carbocycles. The smallest absolute Gasteiger partial charge is 0.416 e. The van der Waals surface area contributed by atoms with Gasteiger partial charge in [-0.1, -0.05) is 19.3 Å². The summed E-state index contributed by atoms with van der Waals surface area (Å²) in [4.78, 5) is 12.8. The van der Waals surface area contributed by atoms with Crippen LogP contribution in [0, 0.1) is 0 Å². The summed E-state index contributed by atoms with van der Waals surface area (Å²) in [6.07, 6.45) is 0.841. The summed E-state index contributed by atoms with van der Waals surface area (Å²) in [6.45, 7) is 2.30. The molecule has 0 aliphatic heterocycles. The first-order valence-electron chi connectivity index (χ1n) is 10.5. The van der Waals surface area contributed by atoms with Crippen LogP contribution in [0.4, 0.5) is 18.9 Å². The number of alkyl halides is 3. The summed E-state index contributed by atoms with van der Waals surface area (Å²) in [6, 6.07) is 8.66. The monoisotopic (exact) mass is 452 g/mol. The zero-order chi connectivity index (χ0) is 22.4. The van der Waals surface area contributed by atoms with Crippen LogP contribution in [0.3, 0.4) is 0 Å². The predicted molar refractivity (Wildman–Crippen MR) is 119 cm³/mol. The molecule has 0 radical (unpaired) electrons. The third-order valence-electron chi connectivity index (χ3n) is 5.33. The molecule has 2 aromatic rings. The van der Waals surface area contributed by atoms with Gasteiger partial charge in [0.15, 0.2) is 0 Å². The third kappa shape index (κ3) is 6.32. The lowest BCUT2D eigenvalue weighted by Crippen LogP contribution is -2.39. The largest absolute Gasteiger partial charge is 0.494 e. The number of halogens is 3. The molecule has 3 rings (SSSR count). The van der Waals surface area contributed by atoms with Crippen molar-refractivity contribution < 1.29 is 22.7 Å². The van der Waals surface area contributed by atoms with Gasteiger partial charge in [-0.3, -0.25) is 4.79 Å². The van der Waals surface area contributed by atoms with Crippen molar-refractivity contribution in [1.29, 1.82) is 0 Å². The van der Waals surface area contributed by atoms with Gasteiger partial charge < -0.3 is 15.4 Å². The van der Waals surface area contributed by atoms with Crippen LogP contribution in [0.2, 0.25) is 0 Å². The number of anilines is 1. The number of hydrogen-bond donors (Lipinski definition) is 3. The molecule has 1 aliphatic rings. The van der Waals surface area contributed by atoms with Crippen LogP contribution in [0.25, 0.3) is 11.1 Å². The molecule has 2 aromatic carbocycles. The van der Waals surface area contributed by atoms with Crippen LogP contribution in [0.15, 0.2) is 41.3 Å². The van der Waals surface area contributed by atoms with Crippen molar-refractivity contribution in [2.45, 2.75) is 56.1 Å². The first kappa shape index (κ1) is 23.3. The van der Waals surface area contributed by atoms with Crippen LogP contribution in [-0.2, 0) is 11.0 Å². The van der Waals surface area contributed by atoms with Crippen molar-refractivity contribution in [3.63, 3.8) is 0 Å². The van der Waals surface area contributed by atoms with E-state index in [-0.39, 0.29) is 18.5 Å². The first-order chi connectivity index (χ1) is 14.8. The summed E-state index contributed by atoms with van der Waals surface area (Å²) in [5, 5.41) is 6.01. The molecule has 0 spiro atoms. The second kappa shape index (κ2) is 10.3. The van der Waals surface area contributed by atoms with Crippen molar-refractivity contribution in [3.8, 4) is 16.9 Å². The van der Waals surface area contributed by atoms with E-state index in [0.29, 0.717) is 34.1 Å². The van der Waals surface area contributed by atoms with Crippen molar-refractivity contribution in [3.05, 3.63) is 42.0 Å². The predicted octanol–water partition coefficient (Wildman–Crippen LogP) is 5.92. The SMILES string of the molecule is CCOc1ccc(-c2cc(C(F)(F)F)ccc2NCC(=O)NC2CCCCC2)c(S)c1. The quantitative estimate of drug-likeness (QED) is 0.457. The summed E-state index contributed by atoms with van der Waals surface area (Å²) in [7, 11) is 0. The minimum absolute atomic E-state index is 0.0200. The number of carbonyl (C=O) groups excluding carboxylic acids is 1. The molecule has 31 heavy (non-hydrogen) atoms. The second-order valence-corrected chi connectivity index (χ2v) is 8.11. The summed E-state index contributed by atoms with van der Waals surface area (Å²) in [5.74, 6) is 0.417. The fourth-order valence-electron chi connectivity index (χ4n) is 3.79. The van der Waals surface area contributed by atoms with Gasteiger partial charge in [-0.25, -0.2) is 0 Å². The molecule has 8 heteroatoms. The number of amides is 1. The fraction of sp³-hybridized carbons (Fsp3) is 0.435. The van der Waals surface area contributed by atoms with Crippen LogP contribution in [-0.4, -0.2) is 25.1 Å². The normalized spacial score (nSPS) is 14.9. The maximum atomic E-state index is 13.3. The van der Waals surface area contributed by atoms with E-state index in [9.17, 15) is 18.0 Å². The van der Waals surface area contributed by atoms with Gasteiger partial charge in [0.05, 0.1) is 18.7 Å². The van der Waals surface area contributed by atoms with Gasteiger partial charge in [-0.15, -0.1) is 12.6 Å². The van der Waals surface area contributed by atoms with Crippen LogP contribution >= 0.6 is 12.6 Å². The van der Waals surface area contributed by atoms with E-state index in [1.165, 1.54) is 12.5 Å². The van der Waals surface area contributed by atoms with Crippen LogP contribution < -0.4 is 15.4 Å². The lowest BCUT2D eigenvalue weighted by atomic mass is 9.95. The van der Waals surface area contributed by atoms with Crippen molar-refractivity contribution >= 4 is 24.2 Å². The maximum Gasteiger partial charge on any atom is 0.416 e. The minimum Gasteiger partial charge on any atom is -0.494 e. The van der Waals surface area contributed by atoms with Crippen LogP contribution in [0.1, 0.15) is 44.6 Å². The summed E-state index contributed by atoms with van der Waals surface area (Å²) in [5.41, 5.74) is 0.522. The Balaban J connectivity index is 1.83. The van der Waals surface area contributed by atoms with Crippen molar-refractivity contribution in [2.24, 2.45) is 0 Å². The Morgan fingerprint density at radius 1 is 1.10 bits per heavy atom. The Labute approximate surface area is 186 Å². The van der Waals surface area contributed by atoms with Crippen molar-refractivity contribution in [1.82, 2.24) is 5.32 Å². The number of benzene rings is 2. The van der Waals surface area contributed by atoms with Gasteiger partial charge in [0, 0.05) is 22.2 Å². The molecule has 1 aliphatic carbocycles. The van der Waals surface area contributed by atoms with E-state index in [4.69, 9.17) is 4.74 Å². The molecule has 0 bridgehead atoms. The molecule has 0 aromatic heterocycles. The molecule has 2 N–H and O–H groups in total.